The van der Waals surface area contributed by atoms with E-state index < -0.39 is 0 Å². The molecule has 5 rings (SSSR count). The zero-order valence-electron chi connectivity index (χ0n) is 21.4. The van der Waals surface area contributed by atoms with Crippen LogP contribution in [-0.2, 0) is 6.54 Å². The number of nitrogens with zero attached hydrogens (tertiary/aromatic N) is 5. The third kappa shape index (κ3) is 5.71. The van der Waals surface area contributed by atoms with Gasteiger partial charge in [-0.15, -0.1) is 0 Å². The van der Waals surface area contributed by atoms with Gasteiger partial charge in [0.2, 0.25) is 0 Å². The van der Waals surface area contributed by atoms with Crippen LogP contribution in [0, 0.1) is 29.6 Å². The zero-order chi connectivity index (χ0) is 25.6. The van der Waals surface area contributed by atoms with Gasteiger partial charge in [-0.1, -0.05) is 36.4 Å². The number of benzene rings is 3. The fraction of sp³-hybridized carbons (Fsp3) is 0.355. The highest BCUT2D eigenvalue weighted by molar-refractivity contribution is 5.60. The molecule has 0 atom stereocenters. The molecule has 3 aromatic carbocycles. The van der Waals surface area contributed by atoms with Crippen LogP contribution in [0.4, 0.5) is 11.4 Å². The van der Waals surface area contributed by atoms with Crippen LogP contribution in [0.2, 0.25) is 0 Å². The van der Waals surface area contributed by atoms with Crippen LogP contribution in [0.5, 0.6) is 5.75 Å². The van der Waals surface area contributed by atoms with Crippen LogP contribution in [0.25, 0.3) is 0 Å². The predicted octanol–water partition coefficient (Wildman–Crippen LogP) is 5.11. The Bertz CT molecular complexity index is 1310. The van der Waals surface area contributed by atoms with Crippen molar-refractivity contribution in [3.63, 3.8) is 0 Å². The highest BCUT2D eigenvalue weighted by Crippen LogP contribution is 2.28. The van der Waals surface area contributed by atoms with Crippen LogP contribution >= 0.6 is 0 Å². The molecule has 2 saturated heterocycles. The second kappa shape index (κ2) is 11.4. The Morgan fingerprint density at radius 3 is 1.92 bits per heavy atom. The van der Waals surface area contributed by atoms with Gasteiger partial charge in [0.15, 0.2) is 0 Å². The highest BCUT2D eigenvalue weighted by atomic mass is 16.5. The van der Waals surface area contributed by atoms with Crippen LogP contribution < -0.4 is 14.5 Å². The summed E-state index contributed by atoms with van der Waals surface area (Å²) in [5.41, 5.74) is 5.98. The summed E-state index contributed by atoms with van der Waals surface area (Å²) in [6.45, 7) is 8.56. The van der Waals surface area contributed by atoms with E-state index in [1.807, 2.05) is 48.5 Å². The lowest BCUT2D eigenvalue weighted by Gasteiger charge is -2.36. The van der Waals surface area contributed by atoms with Gasteiger partial charge in [0.05, 0.1) is 22.5 Å². The molecule has 2 aliphatic rings. The van der Waals surface area contributed by atoms with Gasteiger partial charge < -0.3 is 14.5 Å². The Kier molecular flexibility index (Phi) is 7.59. The minimum Gasteiger partial charge on any atom is -0.490 e. The van der Waals surface area contributed by atoms with Gasteiger partial charge in [-0.2, -0.15) is 10.5 Å². The number of piperazine rings is 1. The van der Waals surface area contributed by atoms with Crippen molar-refractivity contribution < 1.29 is 4.74 Å². The molecule has 2 fully saturated rings. The number of nitriles is 2. The van der Waals surface area contributed by atoms with Gasteiger partial charge in [-0.3, -0.25) is 4.90 Å². The molecule has 0 aliphatic carbocycles. The summed E-state index contributed by atoms with van der Waals surface area (Å²) in [5.74, 6) is 0.981. The van der Waals surface area contributed by atoms with Crippen molar-refractivity contribution in [3.05, 3.63) is 89.0 Å². The molecule has 2 heterocycles. The molecule has 188 valence electrons. The molecule has 2 aliphatic heterocycles. The number of anilines is 2. The maximum Gasteiger partial charge on any atom is 0.122 e. The Labute approximate surface area is 219 Å². The molecular formula is C31H33N5O. The summed E-state index contributed by atoms with van der Waals surface area (Å²) in [6, 6.07) is 26.9. The van der Waals surface area contributed by atoms with Crippen molar-refractivity contribution in [2.45, 2.75) is 32.4 Å². The van der Waals surface area contributed by atoms with E-state index in [-0.39, 0.29) is 6.10 Å². The smallest absolute Gasteiger partial charge is 0.122 e. The Hall–Kier alpha value is -4.00. The molecule has 0 radical (unpaired) electrons. The Morgan fingerprint density at radius 1 is 0.757 bits per heavy atom. The Balaban J connectivity index is 1.16. The molecular weight excluding hydrogens is 458 g/mol. The summed E-state index contributed by atoms with van der Waals surface area (Å²) in [6.07, 6.45) is 2.06. The molecule has 0 spiro atoms. The molecule has 0 aromatic heterocycles. The normalized spacial score (nSPS) is 16.7. The van der Waals surface area contributed by atoms with E-state index >= 15 is 0 Å². The maximum atomic E-state index is 9.44. The number of ether oxygens (including phenoxy) is 1. The van der Waals surface area contributed by atoms with Crippen molar-refractivity contribution in [1.82, 2.24) is 4.90 Å². The zero-order valence-corrected chi connectivity index (χ0v) is 21.4. The third-order valence-corrected chi connectivity index (χ3v) is 7.50. The Morgan fingerprint density at radius 2 is 1.32 bits per heavy atom. The number of para-hydroxylation sites is 2. The minimum atomic E-state index is 0.184. The average molecular weight is 492 g/mol. The minimum absolute atomic E-state index is 0.184. The number of aryl methyl sites for hydroxylation is 1. The first kappa shape index (κ1) is 24.7. The maximum absolute atomic E-state index is 9.44. The molecule has 37 heavy (non-hydrogen) atoms. The largest absolute Gasteiger partial charge is 0.490 e. The number of hydrogen-bond donors (Lipinski definition) is 0. The van der Waals surface area contributed by atoms with Crippen LogP contribution in [0.1, 0.15) is 35.1 Å². The van der Waals surface area contributed by atoms with E-state index in [2.05, 4.69) is 52.0 Å². The second-order valence-corrected chi connectivity index (χ2v) is 9.93. The van der Waals surface area contributed by atoms with Crippen LogP contribution in [0.15, 0.2) is 66.7 Å². The molecule has 0 N–H and O–H groups in total. The number of hydrogen-bond acceptors (Lipinski definition) is 6. The standard InChI is InChI=1S/C31H33N5O/c1-24-10-11-25(23-34-16-18-36(19-17-34)30-9-5-3-7-27(30)22-33)20-31(24)37-28-12-14-35(15-13-28)29-8-4-2-6-26(29)21-32/h2-11,20,28H,12-19,23H2,1H3. The monoisotopic (exact) mass is 491 g/mol. The van der Waals surface area contributed by atoms with Crippen molar-refractivity contribution in [2.75, 3.05) is 49.1 Å². The first-order chi connectivity index (χ1) is 18.1. The third-order valence-electron chi connectivity index (χ3n) is 7.50. The first-order valence-corrected chi connectivity index (χ1v) is 13.1. The number of rotatable bonds is 6. The predicted molar refractivity (Wildman–Crippen MR) is 147 cm³/mol. The topological polar surface area (TPSA) is 66.5 Å². The lowest BCUT2D eigenvalue weighted by atomic mass is 10.0. The quantitative estimate of drug-likeness (QED) is 0.478. The molecule has 0 amide bonds. The summed E-state index contributed by atoms with van der Waals surface area (Å²) >= 11 is 0. The average Bonchev–Trinajstić information content (AvgIpc) is 2.95. The molecule has 0 unspecified atom stereocenters. The summed E-state index contributed by atoms with van der Waals surface area (Å²) in [4.78, 5) is 7.10. The van der Waals surface area contributed by atoms with Crippen molar-refractivity contribution in [3.8, 4) is 17.9 Å². The fourth-order valence-electron chi connectivity index (χ4n) is 5.36. The van der Waals surface area contributed by atoms with Gasteiger partial charge in [0.25, 0.3) is 0 Å². The highest BCUT2D eigenvalue weighted by Gasteiger charge is 2.23. The van der Waals surface area contributed by atoms with Crippen LogP contribution in [-0.4, -0.2) is 50.3 Å². The molecule has 3 aromatic rings. The molecule has 0 bridgehead atoms. The summed E-state index contributed by atoms with van der Waals surface area (Å²) in [7, 11) is 0. The van der Waals surface area contributed by atoms with E-state index in [9.17, 15) is 10.5 Å². The fourth-order valence-corrected chi connectivity index (χ4v) is 5.36. The van der Waals surface area contributed by atoms with Gasteiger partial charge in [-0.25, -0.2) is 0 Å². The van der Waals surface area contributed by atoms with Gasteiger partial charge >= 0.3 is 0 Å². The lowest BCUT2D eigenvalue weighted by Crippen LogP contribution is -2.46. The number of piperidine rings is 1. The molecule has 0 saturated carbocycles. The van der Waals surface area contributed by atoms with E-state index in [4.69, 9.17) is 4.74 Å². The van der Waals surface area contributed by atoms with Crippen molar-refractivity contribution in [1.29, 1.82) is 10.5 Å². The van der Waals surface area contributed by atoms with E-state index in [0.29, 0.717) is 0 Å². The van der Waals surface area contributed by atoms with E-state index in [0.717, 1.165) is 86.9 Å². The molecule has 6 heteroatoms. The molecule has 6 nitrogen and oxygen atoms in total. The SMILES string of the molecule is Cc1ccc(CN2CCN(c3ccccc3C#N)CC2)cc1OC1CCN(c2ccccc2C#N)CC1. The second-order valence-electron chi connectivity index (χ2n) is 9.93. The van der Waals surface area contributed by atoms with E-state index in [1.165, 1.54) is 11.1 Å². The van der Waals surface area contributed by atoms with E-state index in [1.54, 1.807) is 0 Å². The van der Waals surface area contributed by atoms with Crippen molar-refractivity contribution >= 4 is 11.4 Å². The van der Waals surface area contributed by atoms with Crippen LogP contribution in [0.3, 0.4) is 0 Å². The van der Waals surface area contributed by atoms with Gasteiger partial charge in [0, 0.05) is 58.7 Å². The van der Waals surface area contributed by atoms with Gasteiger partial charge in [-0.05, 0) is 48.4 Å². The van der Waals surface area contributed by atoms with Gasteiger partial charge in [0.1, 0.15) is 24.0 Å². The first-order valence-electron chi connectivity index (χ1n) is 13.1. The van der Waals surface area contributed by atoms with Crippen molar-refractivity contribution in [2.24, 2.45) is 0 Å². The summed E-state index contributed by atoms with van der Waals surface area (Å²) < 4.78 is 6.51. The lowest BCUT2D eigenvalue weighted by molar-refractivity contribution is 0.169. The summed E-state index contributed by atoms with van der Waals surface area (Å²) in [5, 5.41) is 18.9.